The lowest BCUT2D eigenvalue weighted by atomic mass is 9.33. The predicted molar refractivity (Wildman–Crippen MR) is 467 cm³/mol. The van der Waals surface area contributed by atoms with Crippen LogP contribution in [0.5, 0.6) is 0 Å². The lowest BCUT2D eigenvalue weighted by Crippen LogP contribution is -2.61. The van der Waals surface area contributed by atoms with E-state index in [1.54, 1.807) is 0 Å². The van der Waals surface area contributed by atoms with Gasteiger partial charge in [-0.3, -0.25) is 0 Å². The van der Waals surface area contributed by atoms with Crippen molar-refractivity contribution in [3.8, 4) is 39.3 Å². The van der Waals surface area contributed by atoms with Gasteiger partial charge in [0.2, 0.25) is 0 Å². The third-order valence-electron chi connectivity index (χ3n) is 23.7. The zero-order valence-electron chi connectivity index (χ0n) is 66.2. The SMILES string of the molecule is CC(C)(C)c1ccc2c(c1)c1cc(C(C)(C)C)ccc1n2-c1ccccc1N1c2ccc(-c3ccccc3)cc2B2c3cc(-c4ccccc4)ccc3N(c3ccccc3-n3c4ccc(C(C)(C)C)cc4c4cc(C(C)(C)C)ccc43)c3cc(-n4c5cc(C(C)(C)C)ccc5c5ccc(C(C)(C)C)cc54)cc1c32. The fourth-order valence-electron chi connectivity index (χ4n) is 17.6. The molecule has 6 heteroatoms. The molecule has 0 unspecified atom stereocenters. The van der Waals surface area contributed by atoms with E-state index in [4.69, 9.17) is 0 Å². The van der Waals surface area contributed by atoms with Crippen molar-refractivity contribution in [3.05, 3.63) is 300 Å². The number of para-hydroxylation sites is 4. The molecule has 18 rings (SSSR count). The van der Waals surface area contributed by atoms with Crippen molar-refractivity contribution in [1.82, 2.24) is 13.7 Å². The first-order chi connectivity index (χ1) is 51.4. The molecule has 0 atom stereocenters. The van der Waals surface area contributed by atoms with E-state index >= 15 is 0 Å². The van der Waals surface area contributed by atoms with Gasteiger partial charge in [-0.1, -0.05) is 282 Å². The van der Waals surface area contributed by atoms with Gasteiger partial charge in [-0.25, -0.2) is 0 Å². The molecule has 0 saturated heterocycles. The van der Waals surface area contributed by atoms with E-state index in [-0.39, 0.29) is 39.2 Å². The highest BCUT2D eigenvalue weighted by molar-refractivity contribution is 7.00. The summed E-state index contributed by atoms with van der Waals surface area (Å²) in [5.41, 5.74) is 32.8. The Bertz CT molecular complexity index is 5850. The van der Waals surface area contributed by atoms with E-state index in [0.717, 1.165) is 51.2 Å². The van der Waals surface area contributed by atoms with Crippen LogP contribution >= 0.6 is 0 Å². The molecular formula is C102H98BN5. The summed E-state index contributed by atoms with van der Waals surface area (Å²) in [6.45, 7) is 41.9. The number of rotatable bonds is 7. The molecule has 5 heterocycles. The topological polar surface area (TPSA) is 21.3 Å². The molecule has 16 aromatic rings. The Hall–Kier alpha value is -11.1. The van der Waals surface area contributed by atoms with E-state index in [2.05, 4.69) is 415 Å². The zero-order valence-corrected chi connectivity index (χ0v) is 66.2. The Morgan fingerprint density at radius 1 is 0.204 bits per heavy atom. The van der Waals surface area contributed by atoms with Gasteiger partial charge in [0.25, 0.3) is 6.71 Å². The van der Waals surface area contributed by atoms with E-state index in [0.29, 0.717) is 0 Å². The van der Waals surface area contributed by atoms with Crippen LogP contribution < -0.4 is 26.2 Å². The molecule has 2 aliphatic heterocycles. The van der Waals surface area contributed by atoms with Crippen LogP contribution in [0.3, 0.4) is 0 Å². The van der Waals surface area contributed by atoms with Gasteiger partial charge in [0.15, 0.2) is 0 Å². The molecule has 3 aromatic heterocycles. The van der Waals surface area contributed by atoms with Gasteiger partial charge < -0.3 is 23.5 Å². The van der Waals surface area contributed by atoms with Gasteiger partial charge >= 0.3 is 0 Å². The Balaban J connectivity index is 1.02. The molecule has 0 aliphatic carbocycles. The van der Waals surface area contributed by atoms with Gasteiger partial charge in [0, 0.05) is 55.1 Å². The number of anilines is 6. The number of hydrogen-bond donors (Lipinski definition) is 0. The van der Waals surface area contributed by atoms with Crippen LogP contribution in [-0.2, 0) is 32.5 Å². The number of fused-ring (bicyclic) bond motifs is 13. The monoisotopic (exact) mass is 1400 g/mol. The fourth-order valence-corrected chi connectivity index (χ4v) is 17.6. The molecule has 0 bridgehead atoms. The average Bonchev–Trinajstić information content (AvgIpc) is 0.988. The lowest BCUT2D eigenvalue weighted by Gasteiger charge is -2.45. The third-order valence-corrected chi connectivity index (χ3v) is 23.7. The van der Waals surface area contributed by atoms with Crippen molar-refractivity contribution in [2.45, 2.75) is 157 Å². The van der Waals surface area contributed by atoms with Crippen molar-refractivity contribution in [2.24, 2.45) is 0 Å². The molecule has 0 spiro atoms. The summed E-state index contributed by atoms with van der Waals surface area (Å²) in [4.78, 5) is 5.36. The molecule has 534 valence electrons. The first-order valence-electron chi connectivity index (χ1n) is 39.0. The Morgan fingerprint density at radius 3 is 0.824 bits per heavy atom. The summed E-state index contributed by atoms with van der Waals surface area (Å²) < 4.78 is 7.80. The Kier molecular flexibility index (Phi) is 15.4. The molecule has 0 amide bonds. The second-order valence-corrected chi connectivity index (χ2v) is 37.2. The van der Waals surface area contributed by atoms with Gasteiger partial charge in [0.05, 0.1) is 61.5 Å². The van der Waals surface area contributed by atoms with Gasteiger partial charge in [-0.2, -0.15) is 0 Å². The van der Waals surface area contributed by atoms with Crippen LogP contribution in [0, 0.1) is 0 Å². The van der Waals surface area contributed by atoms with E-state index in [9.17, 15) is 0 Å². The molecule has 13 aromatic carbocycles. The molecule has 0 N–H and O–H groups in total. The quantitative estimate of drug-likeness (QED) is 0.148. The van der Waals surface area contributed by atoms with Crippen molar-refractivity contribution in [1.29, 1.82) is 0 Å². The van der Waals surface area contributed by atoms with E-state index < -0.39 is 0 Å². The fraction of sp³-hybridized carbons (Fsp3) is 0.235. The average molecular weight is 1400 g/mol. The number of hydrogen-bond acceptors (Lipinski definition) is 2. The van der Waals surface area contributed by atoms with Crippen LogP contribution in [0.4, 0.5) is 34.1 Å². The Labute approximate surface area is 638 Å². The summed E-state index contributed by atoms with van der Waals surface area (Å²) >= 11 is 0. The van der Waals surface area contributed by atoms with Crippen LogP contribution in [-0.4, -0.2) is 20.4 Å². The van der Waals surface area contributed by atoms with Crippen LogP contribution in [0.2, 0.25) is 0 Å². The minimum atomic E-state index is -0.244. The van der Waals surface area contributed by atoms with Crippen molar-refractivity contribution < 1.29 is 0 Å². The predicted octanol–water partition coefficient (Wildman–Crippen LogP) is 26.2. The second kappa shape index (κ2) is 24.2. The van der Waals surface area contributed by atoms with Crippen LogP contribution in [0.1, 0.15) is 158 Å². The second-order valence-electron chi connectivity index (χ2n) is 37.2. The smallest absolute Gasteiger partial charge is 0.252 e. The molecule has 5 nitrogen and oxygen atoms in total. The van der Waals surface area contributed by atoms with E-state index in [1.807, 2.05) is 0 Å². The van der Waals surface area contributed by atoms with Crippen molar-refractivity contribution in [3.63, 3.8) is 0 Å². The highest BCUT2D eigenvalue weighted by atomic mass is 15.2. The first-order valence-corrected chi connectivity index (χ1v) is 39.0. The summed E-state index contributed by atoms with van der Waals surface area (Å²) in [6.07, 6.45) is 0. The number of benzene rings is 13. The van der Waals surface area contributed by atoms with E-state index in [1.165, 1.54) is 137 Å². The number of aromatic nitrogens is 3. The zero-order chi connectivity index (χ0) is 75.2. The molecule has 108 heavy (non-hydrogen) atoms. The minimum Gasteiger partial charge on any atom is -0.309 e. The maximum atomic E-state index is 2.68. The summed E-state index contributed by atoms with van der Waals surface area (Å²) in [5, 5.41) is 7.49. The number of nitrogens with zero attached hydrogens (tertiary/aromatic N) is 5. The molecule has 2 aliphatic rings. The maximum Gasteiger partial charge on any atom is 0.252 e. The normalized spacial score (nSPS) is 13.6. The molecule has 0 fully saturated rings. The first kappa shape index (κ1) is 68.7. The summed E-state index contributed by atoms with van der Waals surface area (Å²) in [5.74, 6) is 0. The third kappa shape index (κ3) is 11.1. The van der Waals surface area contributed by atoms with Crippen LogP contribution in [0.25, 0.3) is 105 Å². The Morgan fingerprint density at radius 2 is 0.500 bits per heavy atom. The highest BCUT2D eigenvalue weighted by Gasteiger charge is 2.46. The minimum absolute atomic E-state index is 0.0669. The van der Waals surface area contributed by atoms with Crippen LogP contribution in [0.15, 0.2) is 267 Å². The summed E-state index contributed by atoms with van der Waals surface area (Å²) in [6, 6.07) is 104. The van der Waals surface area contributed by atoms with Crippen molar-refractivity contribution in [2.75, 3.05) is 9.80 Å². The molecule has 0 saturated carbocycles. The highest BCUT2D eigenvalue weighted by Crippen LogP contribution is 2.52. The van der Waals surface area contributed by atoms with Crippen molar-refractivity contribution >= 4 is 123 Å². The summed E-state index contributed by atoms with van der Waals surface area (Å²) in [7, 11) is 0. The largest absolute Gasteiger partial charge is 0.309 e. The van der Waals surface area contributed by atoms with Gasteiger partial charge in [-0.15, -0.1) is 0 Å². The maximum absolute atomic E-state index is 2.68. The molecule has 0 radical (unpaired) electrons. The van der Waals surface area contributed by atoms with Gasteiger partial charge in [-0.05, 0) is 214 Å². The molecular weight excluding hydrogens is 1310 g/mol. The van der Waals surface area contributed by atoms with Gasteiger partial charge in [0.1, 0.15) is 0 Å². The lowest BCUT2D eigenvalue weighted by molar-refractivity contribution is 0.590. The standard InChI is InChI=1S/C102H98BN5/c1-97(2,3)67-41-49-82-76(55-67)77-56-68(98(4,5)6)42-50-83(77)105(82)88-33-25-27-35-90(88)107-86-47-37-65(63-29-21-19-22-30-63)53-80(86)103-81-54-66(64-31-23-20-24-32-64)38-48-87(81)108(91-36-28-26-34-89(91)106-84-51-43-69(99(7,8)9)57-78(84)79-58-70(100(10,11)12)44-52-85(79)106)95-62-73(61-94(107)96(95)103)104-92-59-71(101(13,14)15)39-45-74(92)75-46-40-72(60-93(75)104)102(16,17)18/h19-62H,1-18H3.